The normalized spacial score (nSPS) is 21.3. The van der Waals surface area contributed by atoms with Gasteiger partial charge in [-0.25, -0.2) is 4.98 Å². The lowest BCUT2D eigenvalue weighted by atomic mass is 9.83. The molecule has 0 aromatic carbocycles. The molecule has 0 saturated carbocycles. The summed E-state index contributed by atoms with van der Waals surface area (Å²) >= 11 is 0. The summed E-state index contributed by atoms with van der Waals surface area (Å²) in [6, 6.07) is 3.88. The molecule has 2 N–H and O–H groups in total. The van der Waals surface area contributed by atoms with Gasteiger partial charge >= 0.3 is 7.12 Å². The van der Waals surface area contributed by atoms with Crippen molar-refractivity contribution in [3.8, 4) is 0 Å². The Labute approximate surface area is 109 Å². The van der Waals surface area contributed by atoms with E-state index in [1.165, 1.54) is 0 Å². The van der Waals surface area contributed by atoms with Crippen molar-refractivity contribution in [2.45, 2.75) is 52.2 Å². The number of pyridine rings is 1. The molecular weight excluding hydrogens is 227 g/mol. The number of nitrogens with zero attached hydrogens (tertiary/aromatic N) is 1. The van der Waals surface area contributed by atoms with Gasteiger partial charge in [-0.15, -0.1) is 0 Å². The fourth-order valence-electron chi connectivity index (χ4n) is 1.92. The Kier molecular flexibility index (Phi) is 3.15. The predicted molar refractivity (Wildman–Crippen MR) is 73.7 cm³/mol. The van der Waals surface area contributed by atoms with Crippen LogP contribution in [0.5, 0.6) is 0 Å². The maximum absolute atomic E-state index is 5.96. The van der Waals surface area contributed by atoms with E-state index in [2.05, 4.69) is 11.9 Å². The zero-order valence-electron chi connectivity index (χ0n) is 11.8. The van der Waals surface area contributed by atoms with Gasteiger partial charge in [0.05, 0.1) is 16.8 Å². The van der Waals surface area contributed by atoms with Crippen molar-refractivity contribution < 1.29 is 9.31 Å². The fourth-order valence-corrected chi connectivity index (χ4v) is 1.92. The zero-order chi connectivity index (χ0) is 13.6. The lowest BCUT2D eigenvalue weighted by Gasteiger charge is -2.32. The van der Waals surface area contributed by atoms with E-state index in [9.17, 15) is 0 Å². The summed E-state index contributed by atoms with van der Waals surface area (Å²) in [7, 11) is -0.441. The average Bonchev–Trinajstić information content (AvgIpc) is 2.47. The highest BCUT2D eigenvalue weighted by Crippen LogP contribution is 2.36. The Balaban J connectivity index is 2.32. The summed E-state index contributed by atoms with van der Waals surface area (Å²) in [5.74, 6) is 0.513. The monoisotopic (exact) mass is 248 g/mol. The number of aromatic nitrogens is 1. The summed E-state index contributed by atoms with van der Waals surface area (Å²) in [5, 5.41) is 0. The van der Waals surface area contributed by atoms with Crippen LogP contribution in [0.25, 0.3) is 0 Å². The minimum atomic E-state index is -0.441. The molecule has 2 rings (SSSR count). The van der Waals surface area contributed by atoms with Crippen LogP contribution in [0, 0.1) is 0 Å². The van der Waals surface area contributed by atoms with Gasteiger partial charge in [-0.3, -0.25) is 0 Å². The fraction of sp³-hybridized carbons (Fsp3) is 0.615. The molecule has 18 heavy (non-hydrogen) atoms. The van der Waals surface area contributed by atoms with E-state index < -0.39 is 7.12 Å². The van der Waals surface area contributed by atoms with Crippen molar-refractivity contribution in [3.63, 3.8) is 0 Å². The predicted octanol–water partition coefficient (Wildman–Crippen LogP) is 1.53. The Hall–Kier alpha value is -1.07. The SMILES string of the molecule is CCc1cc(N)nc(B2OC(C)(C)C(C)(C)O2)c1. The highest BCUT2D eigenvalue weighted by Gasteiger charge is 2.52. The minimum absolute atomic E-state index is 0.351. The number of nitrogens with two attached hydrogens (primary N) is 1. The van der Waals surface area contributed by atoms with Crippen molar-refractivity contribution >= 4 is 18.5 Å². The van der Waals surface area contributed by atoms with Gasteiger partial charge in [-0.2, -0.15) is 0 Å². The molecule has 1 aliphatic heterocycles. The van der Waals surface area contributed by atoms with E-state index in [1.807, 2.05) is 39.8 Å². The zero-order valence-corrected chi connectivity index (χ0v) is 11.8. The third-order valence-corrected chi connectivity index (χ3v) is 3.83. The van der Waals surface area contributed by atoms with E-state index in [1.54, 1.807) is 0 Å². The van der Waals surface area contributed by atoms with Crippen LogP contribution in [0.1, 0.15) is 40.2 Å². The molecule has 1 aromatic heterocycles. The van der Waals surface area contributed by atoms with Gasteiger partial charge in [0.1, 0.15) is 5.82 Å². The molecule has 1 aliphatic rings. The van der Waals surface area contributed by atoms with Crippen LogP contribution in [-0.4, -0.2) is 23.3 Å². The van der Waals surface area contributed by atoms with Crippen molar-refractivity contribution in [1.82, 2.24) is 4.98 Å². The molecule has 0 spiro atoms. The number of aryl methyl sites for hydroxylation is 1. The van der Waals surface area contributed by atoms with Crippen LogP contribution < -0.4 is 11.3 Å². The number of hydrogen-bond donors (Lipinski definition) is 1. The van der Waals surface area contributed by atoms with Gasteiger partial charge < -0.3 is 15.0 Å². The second kappa shape index (κ2) is 4.25. The molecule has 0 unspecified atom stereocenters. The van der Waals surface area contributed by atoms with Crippen LogP contribution in [-0.2, 0) is 15.7 Å². The lowest BCUT2D eigenvalue weighted by Crippen LogP contribution is -2.41. The number of nitrogen functional groups attached to an aromatic ring is 1. The van der Waals surface area contributed by atoms with Gasteiger partial charge in [0.2, 0.25) is 0 Å². The van der Waals surface area contributed by atoms with Gasteiger partial charge in [0.15, 0.2) is 0 Å². The second-order valence-electron chi connectivity index (χ2n) is 5.77. The molecule has 0 atom stereocenters. The Morgan fingerprint density at radius 2 is 1.72 bits per heavy atom. The second-order valence-corrected chi connectivity index (χ2v) is 5.77. The van der Waals surface area contributed by atoms with Crippen molar-refractivity contribution in [3.05, 3.63) is 17.7 Å². The van der Waals surface area contributed by atoms with Crippen LogP contribution in [0.4, 0.5) is 5.82 Å². The lowest BCUT2D eigenvalue weighted by molar-refractivity contribution is 0.00578. The van der Waals surface area contributed by atoms with Gasteiger partial charge in [-0.05, 0) is 51.8 Å². The number of rotatable bonds is 2. The van der Waals surface area contributed by atoms with Crippen molar-refractivity contribution in [2.24, 2.45) is 0 Å². The first-order valence-corrected chi connectivity index (χ1v) is 6.37. The summed E-state index contributed by atoms with van der Waals surface area (Å²) in [5.41, 5.74) is 7.01. The summed E-state index contributed by atoms with van der Waals surface area (Å²) in [6.45, 7) is 10.2. The van der Waals surface area contributed by atoms with Crippen LogP contribution in [0.15, 0.2) is 12.1 Å². The summed E-state index contributed by atoms with van der Waals surface area (Å²) < 4.78 is 11.9. The first-order chi connectivity index (χ1) is 8.25. The molecule has 4 nitrogen and oxygen atoms in total. The van der Waals surface area contributed by atoms with E-state index in [0.717, 1.165) is 17.6 Å². The minimum Gasteiger partial charge on any atom is -0.398 e. The van der Waals surface area contributed by atoms with Gasteiger partial charge in [0.25, 0.3) is 0 Å². The molecule has 98 valence electrons. The summed E-state index contributed by atoms with van der Waals surface area (Å²) in [6.07, 6.45) is 0.916. The van der Waals surface area contributed by atoms with E-state index >= 15 is 0 Å². The van der Waals surface area contributed by atoms with Crippen LogP contribution >= 0.6 is 0 Å². The molecule has 0 amide bonds. The third kappa shape index (κ3) is 2.25. The molecular formula is C13H21BN2O2. The molecule has 1 fully saturated rings. The molecule has 1 saturated heterocycles. The third-order valence-electron chi connectivity index (χ3n) is 3.83. The average molecular weight is 248 g/mol. The molecule has 0 bridgehead atoms. The first kappa shape index (κ1) is 13.4. The quantitative estimate of drug-likeness (QED) is 0.806. The number of hydrogen-bond acceptors (Lipinski definition) is 4. The van der Waals surface area contributed by atoms with Crippen LogP contribution in [0.3, 0.4) is 0 Å². The largest absolute Gasteiger partial charge is 0.514 e. The van der Waals surface area contributed by atoms with Crippen LogP contribution in [0.2, 0.25) is 0 Å². The smallest absolute Gasteiger partial charge is 0.398 e. The molecule has 2 heterocycles. The first-order valence-electron chi connectivity index (χ1n) is 6.37. The molecule has 0 aliphatic carbocycles. The maximum atomic E-state index is 5.96. The standard InChI is InChI=1S/C13H21BN2O2/c1-6-9-7-10(16-11(15)8-9)14-17-12(2,3)13(4,5)18-14/h7-8H,6H2,1-5H3,(H2,15,16). The number of anilines is 1. The highest BCUT2D eigenvalue weighted by molar-refractivity contribution is 6.61. The Bertz CT molecular complexity index is 444. The molecule has 0 radical (unpaired) electrons. The van der Waals surface area contributed by atoms with E-state index in [4.69, 9.17) is 15.0 Å². The summed E-state index contributed by atoms with van der Waals surface area (Å²) in [4.78, 5) is 4.32. The Morgan fingerprint density at radius 1 is 1.17 bits per heavy atom. The van der Waals surface area contributed by atoms with Gasteiger partial charge in [0, 0.05) is 0 Å². The highest BCUT2D eigenvalue weighted by atomic mass is 16.7. The topological polar surface area (TPSA) is 57.4 Å². The maximum Gasteiger partial charge on any atom is 0.514 e. The van der Waals surface area contributed by atoms with Gasteiger partial charge in [-0.1, -0.05) is 6.92 Å². The van der Waals surface area contributed by atoms with Crippen molar-refractivity contribution in [2.75, 3.05) is 5.73 Å². The van der Waals surface area contributed by atoms with E-state index in [-0.39, 0.29) is 11.2 Å². The van der Waals surface area contributed by atoms with Crippen molar-refractivity contribution in [1.29, 1.82) is 0 Å². The Morgan fingerprint density at radius 3 is 2.22 bits per heavy atom. The molecule has 1 aromatic rings. The molecule has 5 heteroatoms. The van der Waals surface area contributed by atoms with E-state index in [0.29, 0.717) is 5.82 Å².